The van der Waals surface area contributed by atoms with Gasteiger partial charge in [-0.2, -0.15) is 4.98 Å². The van der Waals surface area contributed by atoms with Gasteiger partial charge in [-0.25, -0.2) is 13.6 Å². The predicted molar refractivity (Wildman–Crippen MR) is 52.6 cm³/mol. The third kappa shape index (κ3) is 1.49. The zero-order valence-corrected chi connectivity index (χ0v) is 8.55. The van der Waals surface area contributed by atoms with Crippen molar-refractivity contribution < 1.29 is 12.8 Å². The van der Waals surface area contributed by atoms with Crippen molar-refractivity contribution in [2.45, 2.75) is 10.1 Å². The van der Waals surface area contributed by atoms with Crippen LogP contribution in [0.25, 0.3) is 11.1 Å². The van der Waals surface area contributed by atoms with Crippen LogP contribution in [0.3, 0.4) is 0 Å². The van der Waals surface area contributed by atoms with Crippen LogP contribution in [0.5, 0.6) is 0 Å². The highest BCUT2D eigenvalue weighted by Gasteiger charge is 2.17. The topological polar surface area (TPSA) is 86.2 Å². The maximum Gasteiger partial charge on any atom is 0.331 e. The number of oxazole rings is 1. The van der Waals surface area contributed by atoms with Crippen molar-refractivity contribution in [1.82, 2.24) is 4.98 Å². The molecule has 2 rings (SSSR count). The van der Waals surface area contributed by atoms with Crippen LogP contribution in [0, 0.1) is 0 Å². The van der Waals surface area contributed by atoms with E-state index in [2.05, 4.69) is 17.6 Å². The summed E-state index contributed by atoms with van der Waals surface area (Å²) in [5.74, 6) is 0. The fraction of sp³-hybridized carbons (Fsp3) is 0. The molecule has 0 bridgehead atoms. The van der Waals surface area contributed by atoms with E-state index in [1.54, 1.807) is 18.2 Å². The van der Waals surface area contributed by atoms with Crippen LogP contribution in [0.2, 0.25) is 0 Å². The minimum atomic E-state index is -3.89. The van der Waals surface area contributed by atoms with Crippen LogP contribution in [-0.2, 0) is 10.0 Å². The molecule has 2 aromatic rings. The molecule has 0 fully saturated rings. The van der Waals surface area contributed by atoms with Crippen molar-refractivity contribution in [2.75, 3.05) is 0 Å². The molecule has 0 radical (unpaired) electrons. The standard InChI is InChI=1S/C7H6N2O3S2/c8-14(10,11)7-9-6-4(12-7)2-1-3-5(6)13/h1-3,13H,(H2,8,10,11). The number of fused-ring (bicyclic) bond motifs is 1. The number of nitrogens with zero attached hydrogens (tertiary/aromatic N) is 1. The summed E-state index contributed by atoms with van der Waals surface area (Å²) in [4.78, 5) is 4.27. The van der Waals surface area contributed by atoms with Crippen molar-refractivity contribution in [3.63, 3.8) is 0 Å². The van der Waals surface area contributed by atoms with E-state index in [1.165, 1.54) is 0 Å². The molecule has 74 valence electrons. The summed E-state index contributed by atoms with van der Waals surface area (Å²) in [5, 5.41) is 4.37. The van der Waals surface area contributed by atoms with E-state index in [1.807, 2.05) is 0 Å². The van der Waals surface area contributed by atoms with Gasteiger partial charge in [0.15, 0.2) is 5.58 Å². The third-order valence-corrected chi connectivity index (χ3v) is 2.64. The second kappa shape index (κ2) is 2.97. The molecule has 0 unspecified atom stereocenters. The van der Waals surface area contributed by atoms with E-state index in [9.17, 15) is 8.42 Å². The molecule has 5 nitrogen and oxygen atoms in total. The van der Waals surface area contributed by atoms with Gasteiger partial charge in [-0.3, -0.25) is 0 Å². The first-order chi connectivity index (χ1) is 6.48. The summed E-state index contributed by atoms with van der Waals surface area (Å²) in [5.41, 5.74) is 0.737. The van der Waals surface area contributed by atoms with Crippen LogP contribution in [0.1, 0.15) is 0 Å². The molecular weight excluding hydrogens is 224 g/mol. The Kier molecular flexibility index (Phi) is 2.02. The van der Waals surface area contributed by atoms with Crippen LogP contribution in [-0.4, -0.2) is 13.4 Å². The number of nitrogens with two attached hydrogens (primary N) is 1. The van der Waals surface area contributed by atoms with Crippen molar-refractivity contribution in [3.05, 3.63) is 18.2 Å². The maximum atomic E-state index is 10.9. The number of aromatic nitrogens is 1. The van der Waals surface area contributed by atoms with Crippen molar-refractivity contribution in [2.24, 2.45) is 5.14 Å². The second-order valence-corrected chi connectivity index (χ2v) is 4.57. The number of rotatable bonds is 1. The van der Waals surface area contributed by atoms with Crippen LogP contribution >= 0.6 is 12.6 Å². The van der Waals surface area contributed by atoms with Crippen LogP contribution < -0.4 is 5.14 Å². The average molecular weight is 230 g/mol. The minimum Gasteiger partial charge on any atom is -0.427 e. The van der Waals surface area contributed by atoms with Crippen molar-refractivity contribution in [1.29, 1.82) is 0 Å². The summed E-state index contributed by atoms with van der Waals surface area (Å²) >= 11 is 4.10. The predicted octanol–water partition coefficient (Wildman–Crippen LogP) is 0.764. The zero-order chi connectivity index (χ0) is 10.3. The first-order valence-corrected chi connectivity index (χ1v) is 5.59. The van der Waals surface area contributed by atoms with Gasteiger partial charge in [-0.05, 0) is 12.1 Å². The lowest BCUT2D eigenvalue weighted by Gasteiger charge is -1.87. The van der Waals surface area contributed by atoms with Gasteiger partial charge in [0.1, 0.15) is 5.52 Å². The molecule has 1 aromatic carbocycles. The summed E-state index contributed by atoms with van der Waals surface area (Å²) < 4.78 is 26.8. The Morgan fingerprint density at radius 1 is 1.43 bits per heavy atom. The van der Waals surface area contributed by atoms with Gasteiger partial charge < -0.3 is 4.42 Å². The zero-order valence-electron chi connectivity index (χ0n) is 6.84. The molecule has 0 amide bonds. The fourth-order valence-electron chi connectivity index (χ4n) is 1.04. The Morgan fingerprint density at radius 3 is 2.71 bits per heavy atom. The Hall–Kier alpha value is -1.05. The molecular formula is C7H6N2O3S2. The van der Waals surface area contributed by atoms with E-state index in [0.29, 0.717) is 16.0 Å². The Balaban J connectivity index is 2.81. The van der Waals surface area contributed by atoms with E-state index >= 15 is 0 Å². The van der Waals surface area contributed by atoms with Crippen LogP contribution in [0.15, 0.2) is 32.7 Å². The molecule has 1 heterocycles. The highest BCUT2D eigenvalue weighted by molar-refractivity contribution is 7.88. The number of sulfonamides is 1. The van der Waals surface area contributed by atoms with Crippen molar-refractivity contribution in [3.8, 4) is 0 Å². The van der Waals surface area contributed by atoms with E-state index in [-0.39, 0.29) is 0 Å². The second-order valence-electron chi connectivity index (χ2n) is 2.65. The molecule has 1 aromatic heterocycles. The number of benzene rings is 1. The molecule has 0 aliphatic carbocycles. The Labute approximate surface area is 85.4 Å². The van der Waals surface area contributed by atoms with Gasteiger partial charge in [0, 0.05) is 4.90 Å². The smallest absolute Gasteiger partial charge is 0.331 e. The van der Waals surface area contributed by atoms with E-state index in [0.717, 1.165) is 0 Å². The number of primary sulfonamides is 1. The summed E-state index contributed by atoms with van der Waals surface area (Å²) in [6.45, 7) is 0. The van der Waals surface area contributed by atoms with E-state index < -0.39 is 15.2 Å². The van der Waals surface area contributed by atoms with Gasteiger partial charge in [0.05, 0.1) is 0 Å². The molecule has 0 saturated carbocycles. The van der Waals surface area contributed by atoms with Gasteiger partial charge in [-0.15, -0.1) is 12.6 Å². The SMILES string of the molecule is NS(=O)(=O)c1nc2c(S)cccc2o1. The Morgan fingerprint density at radius 2 is 2.14 bits per heavy atom. The third-order valence-electron chi connectivity index (χ3n) is 1.62. The molecule has 0 aliphatic rings. The highest BCUT2D eigenvalue weighted by Crippen LogP contribution is 2.23. The lowest BCUT2D eigenvalue weighted by atomic mass is 10.3. The number of para-hydroxylation sites is 1. The van der Waals surface area contributed by atoms with Crippen molar-refractivity contribution >= 4 is 33.8 Å². The normalized spacial score (nSPS) is 12.1. The average Bonchev–Trinajstić information content (AvgIpc) is 2.48. The Bertz CT molecular complexity index is 588. The molecule has 0 atom stereocenters. The lowest BCUT2D eigenvalue weighted by molar-refractivity contribution is 0.459. The minimum absolute atomic E-state index is 0.349. The molecule has 2 N–H and O–H groups in total. The fourth-order valence-corrected chi connectivity index (χ4v) is 1.71. The first-order valence-electron chi connectivity index (χ1n) is 3.60. The van der Waals surface area contributed by atoms with Gasteiger partial charge in [0.2, 0.25) is 0 Å². The largest absolute Gasteiger partial charge is 0.427 e. The molecule has 0 saturated heterocycles. The van der Waals surface area contributed by atoms with E-state index in [4.69, 9.17) is 9.56 Å². The first kappa shape index (κ1) is 9.50. The highest BCUT2D eigenvalue weighted by atomic mass is 32.2. The van der Waals surface area contributed by atoms with Gasteiger partial charge in [0.25, 0.3) is 10.0 Å². The molecule has 7 heteroatoms. The quantitative estimate of drug-likeness (QED) is 0.708. The van der Waals surface area contributed by atoms with Gasteiger partial charge in [-0.1, -0.05) is 6.07 Å². The van der Waals surface area contributed by atoms with Crippen LogP contribution in [0.4, 0.5) is 0 Å². The molecule has 0 spiro atoms. The summed E-state index contributed by atoms with van der Waals surface area (Å²) in [7, 11) is -3.89. The number of hydrogen-bond acceptors (Lipinski definition) is 5. The lowest BCUT2D eigenvalue weighted by Crippen LogP contribution is -2.12. The summed E-state index contributed by atoms with van der Waals surface area (Å²) in [6, 6.07) is 4.96. The molecule has 14 heavy (non-hydrogen) atoms. The maximum absolute atomic E-state index is 10.9. The molecule has 0 aliphatic heterocycles. The number of hydrogen-bond donors (Lipinski definition) is 2. The monoisotopic (exact) mass is 230 g/mol. The number of thiol groups is 1. The van der Waals surface area contributed by atoms with Gasteiger partial charge >= 0.3 is 5.22 Å². The summed E-state index contributed by atoms with van der Waals surface area (Å²) in [6.07, 6.45) is 0.